The van der Waals surface area contributed by atoms with Gasteiger partial charge in [0, 0.05) is 32.7 Å². The van der Waals surface area contributed by atoms with Gasteiger partial charge in [-0.2, -0.15) is 0 Å². The maximum absolute atomic E-state index is 12.0. The third-order valence-corrected chi connectivity index (χ3v) is 4.29. The quantitative estimate of drug-likeness (QED) is 0.747. The number of hydrogen-bond acceptors (Lipinski definition) is 4. The van der Waals surface area contributed by atoms with Gasteiger partial charge in [-0.25, -0.2) is 4.79 Å². The van der Waals surface area contributed by atoms with Gasteiger partial charge in [0.25, 0.3) is 0 Å². The summed E-state index contributed by atoms with van der Waals surface area (Å²) in [5, 5.41) is 11.7. The summed E-state index contributed by atoms with van der Waals surface area (Å²) in [4.78, 5) is 27.6. The summed E-state index contributed by atoms with van der Waals surface area (Å²) < 4.78 is 0. The molecule has 1 atom stereocenters. The second kappa shape index (κ2) is 9.39. The topological polar surface area (TPSA) is 72.9 Å². The Morgan fingerprint density at radius 3 is 2.33 bits per heavy atom. The highest BCUT2D eigenvalue weighted by molar-refractivity contribution is 5.84. The molecular weight excluding hydrogens is 306 g/mol. The van der Waals surface area contributed by atoms with E-state index >= 15 is 0 Å². The van der Waals surface area contributed by atoms with E-state index in [1.54, 1.807) is 0 Å². The van der Waals surface area contributed by atoms with Gasteiger partial charge in [-0.05, 0) is 12.0 Å². The highest BCUT2D eigenvalue weighted by atomic mass is 16.4. The van der Waals surface area contributed by atoms with Gasteiger partial charge in [-0.3, -0.25) is 14.6 Å². The van der Waals surface area contributed by atoms with Crippen molar-refractivity contribution in [1.29, 1.82) is 0 Å². The normalized spacial score (nSPS) is 17.4. The Morgan fingerprint density at radius 2 is 1.75 bits per heavy atom. The Labute approximate surface area is 143 Å². The Balaban J connectivity index is 1.72. The Hall–Kier alpha value is -1.92. The van der Waals surface area contributed by atoms with Crippen molar-refractivity contribution in [2.24, 2.45) is 0 Å². The van der Waals surface area contributed by atoms with Gasteiger partial charge in [-0.1, -0.05) is 43.7 Å². The molecule has 0 bridgehead atoms. The molecule has 6 nitrogen and oxygen atoms in total. The van der Waals surface area contributed by atoms with Crippen molar-refractivity contribution < 1.29 is 14.7 Å². The van der Waals surface area contributed by atoms with Crippen LogP contribution in [0, 0.1) is 0 Å². The van der Waals surface area contributed by atoms with E-state index in [0.29, 0.717) is 6.42 Å². The average Bonchev–Trinajstić information content (AvgIpc) is 2.57. The minimum atomic E-state index is -0.960. The van der Waals surface area contributed by atoms with E-state index in [1.165, 1.54) is 5.56 Å². The Kier molecular flexibility index (Phi) is 7.21. The fraction of sp³-hybridized carbons (Fsp3) is 0.556. The molecule has 2 N–H and O–H groups in total. The van der Waals surface area contributed by atoms with Gasteiger partial charge in [0.05, 0.1) is 6.54 Å². The van der Waals surface area contributed by atoms with Gasteiger partial charge in [0.15, 0.2) is 0 Å². The van der Waals surface area contributed by atoms with Crippen molar-refractivity contribution in [2.75, 3.05) is 32.7 Å². The summed E-state index contributed by atoms with van der Waals surface area (Å²) in [6.07, 6.45) is 1.20. The van der Waals surface area contributed by atoms with Crippen LogP contribution in [0.3, 0.4) is 0 Å². The summed E-state index contributed by atoms with van der Waals surface area (Å²) in [5.41, 5.74) is 1.30. The second-order valence-electron chi connectivity index (χ2n) is 6.28. The summed E-state index contributed by atoms with van der Waals surface area (Å²) in [7, 11) is 0. The van der Waals surface area contributed by atoms with Crippen molar-refractivity contribution in [2.45, 2.75) is 32.4 Å². The van der Waals surface area contributed by atoms with E-state index in [1.807, 2.05) is 25.1 Å². The van der Waals surface area contributed by atoms with E-state index in [4.69, 9.17) is 5.11 Å². The first-order chi connectivity index (χ1) is 11.6. The molecule has 1 heterocycles. The number of rotatable bonds is 8. The molecule has 1 fully saturated rings. The van der Waals surface area contributed by atoms with Gasteiger partial charge in [-0.15, -0.1) is 0 Å². The van der Waals surface area contributed by atoms with Crippen molar-refractivity contribution in [3.8, 4) is 0 Å². The fourth-order valence-electron chi connectivity index (χ4n) is 2.94. The zero-order valence-electron chi connectivity index (χ0n) is 14.3. The van der Waals surface area contributed by atoms with Crippen molar-refractivity contribution >= 4 is 11.9 Å². The number of hydrogen-bond donors (Lipinski definition) is 2. The summed E-state index contributed by atoms with van der Waals surface area (Å²) in [6.45, 7) is 6.59. The van der Waals surface area contributed by atoms with Crippen LogP contribution in [0.2, 0.25) is 0 Å². The molecule has 0 spiro atoms. The molecule has 1 unspecified atom stereocenters. The van der Waals surface area contributed by atoms with E-state index in [9.17, 15) is 9.59 Å². The molecule has 1 aromatic carbocycles. The molecule has 1 saturated heterocycles. The first kappa shape index (κ1) is 18.4. The van der Waals surface area contributed by atoms with Crippen LogP contribution in [-0.2, 0) is 16.1 Å². The molecule has 1 amide bonds. The molecule has 132 valence electrons. The Morgan fingerprint density at radius 1 is 1.12 bits per heavy atom. The van der Waals surface area contributed by atoms with Gasteiger partial charge in [0.1, 0.15) is 6.04 Å². The Bertz CT molecular complexity index is 528. The summed E-state index contributed by atoms with van der Waals surface area (Å²) in [5.74, 6) is -1.16. The third kappa shape index (κ3) is 5.94. The first-order valence-electron chi connectivity index (χ1n) is 8.59. The molecule has 1 aliphatic rings. The number of benzene rings is 1. The lowest BCUT2D eigenvalue weighted by Crippen LogP contribution is -2.51. The maximum Gasteiger partial charge on any atom is 0.326 e. The standard InChI is InChI=1S/C18H27N3O3/c1-2-6-16(18(23)24)19-17(22)14-21-11-9-20(10-12-21)13-15-7-4-3-5-8-15/h3-5,7-8,16H,2,6,9-14H2,1H3,(H,19,22)(H,23,24). The number of aliphatic carboxylic acids is 1. The van der Waals surface area contributed by atoms with Crippen LogP contribution in [-0.4, -0.2) is 65.5 Å². The van der Waals surface area contributed by atoms with Crippen LogP contribution in [0.1, 0.15) is 25.3 Å². The molecule has 0 saturated carbocycles. The lowest BCUT2D eigenvalue weighted by atomic mass is 10.1. The number of nitrogens with one attached hydrogen (secondary N) is 1. The summed E-state index contributed by atoms with van der Waals surface area (Å²) >= 11 is 0. The first-order valence-corrected chi connectivity index (χ1v) is 8.59. The van der Waals surface area contributed by atoms with Crippen LogP contribution in [0.15, 0.2) is 30.3 Å². The summed E-state index contributed by atoms with van der Waals surface area (Å²) in [6, 6.07) is 9.58. The number of carboxylic acids is 1. The predicted molar refractivity (Wildman–Crippen MR) is 92.6 cm³/mol. The van der Waals surface area contributed by atoms with Crippen molar-refractivity contribution in [3.63, 3.8) is 0 Å². The average molecular weight is 333 g/mol. The van der Waals surface area contributed by atoms with Gasteiger partial charge >= 0.3 is 5.97 Å². The van der Waals surface area contributed by atoms with E-state index in [0.717, 1.165) is 39.1 Å². The van der Waals surface area contributed by atoms with E-state index in [-0.39, 0.29) is 12.5 Å². The molecule has 1 aromatic rings. The van der Waals surface area contributed by atoms with Crippen LogP contribution < -0.4 is 5.32 Å². The SMILES string of the molecule is CCCC(NC(=O)CN1CCN(Cc2ccccc2)CC1)C(=O)O. The lowest BCUT2D eigenvalue weighted by molar-refractivity contribution is -0.142. The van der Waals surface area contributed by atoms with Crippen LogP contribution >= 0.6 is 0 Å². The molecule has 24 heavy (non-hydrogen) atoms. The van der Waals surface area contributed by atoms with Crippen LogP contribution in [0.4, 0.5) is 0 Å². The number of carboxylic acid groups (broad SMARTS) is 1. The van der Waals surface area contributed by atoms with Crippen LogP contribution in [0.25, 0.3) is 0 Å². The van der Waals surface area contributed by atoms with E-state index < -0.39 is 12.0 Å². The van der Waals surface area contributed by atoms with Crippen molar-refractivity contribution in [1.82, 2.24) is 15.1 Å². The number of piperazine rings is 1. The third-order valence-electron chi connectivity index (χ3n) is 4.29. The van der Waals surface area contributed by atoms with Gasteiger partial charge < -0.3 is 10.4 Å². The number of carbonyl (C=O) groups is 2. The molecule has 6 heteroatoms. The predicted octanol–water partition coefficient (Wildman–Crippen LogP) is 1.17. The highest BCUT2D eigenvalue weighted by Gasteiger charge is 2.22. The number of carbonyl (C=O) groups excluding carboxylic acids is 1. The van der Waals surface area contributed by atoms with Crippen LogP contribution in [0.5, 0.6) is 0 Å². The van der Waals surface area contributed by atoms with E-state index in [2.05, 4.69) is 27.2 Å². The highest BCUT2D eigenvalue weighted by Crippen LogP contribution is 2.08. The maximum atomic E-state index is 12.0. The van der Waals surface area contributed by atoms with Gasteiger partial charge in [0.2, 0.25) is 5.91 Å². The fourth-order valence-corrected chi connectivity index (χ4v) is 2.94. The minimum absolute atomic E-state index is 0.202. The largest absolute Gasteiger partial charge is 0.480 e. The number of nitrogens with zero attached hydrogens (tertiary/aromatic N) is 2. The lowest BCUT2D eigenvalue weighted by Gasteiger charge is -2.34. The van der Waals surface area contributed by atoms with Crippen molar-refractivity contribution in [3.05, 3.63) is 35.9 Å². The molecule has 0 radical (unpaired) electrons. The smallest absolute Gasteiger partial charge is 0.326 e. The zero-order valence-corrected chi connectivity index (χ0v) is 14.3. The zero-order chi connectivity index (χ0) is 17.4. The molecule has 1 aliphatic heterocycles. The number of amides is 1. The molecule has 2 rings (SSSR count). The second-order valence-corrected chi connectivity index (χ2v) is 6.28. The monoisotopic (exact) mass is 333 g/mol. The molecule has 0 aromatic heterocycles. The molecular formula is C18H27N3O3. The minimum Gasteiger partial charge on any atom is -0.480 e. The molecule has 0 aliphatic carbocycles.